The summed E-state index contributed by atoms with van der Waals surface area (Å²) in [6.07, 6.45) is 5.83. The Labute approximate surface area is 162 Å². The second-order valence-corrected chi connectivity index (χ2v) is 7.32. The van der Waals surface area contributed by atoms with Gasteiger partial charge in [0, 0.05) is 17.8 Å². The number of amides is 1. The number of hydrogen-bond acceptors (Lipinski definition) is 3. The molecule has 1 aliphatic carbocycles. The highest BCUT2D eigenvalue weighted by Gasteiger charge is 2.33. The number of hydrogen-bond donors (Lipinski definition) is 2. The maximum atomic E-state index is 12.9. The summed E-state index contributed by atoms with van der Waals surface area (Å²) in [6, 6.07) is 11.7. The average Bonchev–Trinajstić information content (AvgIpc) is 3.34. The van der Waals surface area contributed by atoms with Gasteiger partial charge in [-0.3, -0.25) is 9.20 Å². The van der Waals surface area contributed by atoms with Crippen LogP contribution in [0.1, 0.15) is 40.6 Å². The summed E-state index contributed by atoms with van der Waals surface area (Å²) in [6.45, 7) is 1.98. The summed E-state index contributed by atoms with van der Waals surface area (Å²) in [5.74, 6) is 2.27. The first kappa shape index (κ1) is 16.7. The highest BCUT2D eigenvalue weighted by Crippen LogP contribution is 2.38. The Hall–Kier alpha value is -3.48. The molecule has 0 atom stereocenters. The van der Waals surface area contributed by atoms with E-state index >= 15 is 0 Å². The smallest absolute Gasteiger partial charge is 0.320 e. The summed E-state index contributed by atoms with van der Waals surface area (Å²) < 4.78 is 3.72. The van der Waals surface area contributed by atoms with Gasteiger partial charge in [-0.15, -0.1) is 0 Å². The fourth-order valence-electron chi connectivity index (χ4n) is 3.42. The highest BCUT2D eigenvalue weighted by molar-refractivity contribution is 6.04. The monoisotopic (exact) mass is 373 g/mol. The third-order valence-electron chi connectivity index (χ3n) is 5.18. The largest absolute Gasteiger partial charge is 0.350 e. The molecule has 4 aromatic rings. The standard InChI is InChI=1S/C21H20N6O/c1-13-6-7-15(20-24-19(14-8-9-14)25-26(20)2)11-16(13)23-21(28)17-12-22-18-5-3-4-10-27(17)18/h3-7,10-12,14H,8-9H2,1-2H3,(H,23,28)/p+1. The Balaban J connectivity index is 1.47. The Kier molecular flexibility index (Phi) is 3.75. The van der Waals surface area contributed by atoms with Crippen LogP contribution < -0.4 is 10.00 Å². The highest BCUT2D eigenvalue weighted by atomic mass is 16.1. The zero-order valence-electron chi connectivity index (χ0n) is 15.8. The normalized spacial score (nSPS) is 13.8. The van der Waals surface area contributed by atoms with Gasteiger partial charge < -0.3 is 5.32 Å². The molecule has 1 saturated carbocycles. The Bertz CT molecular complexity index is 1200. The molecule has 0 aliphatic heterocycles. The van der Waals surface area contributed by atoms with Crippen LogP contribution in [0.25, 0.3) is 17.0 Å². The van der Waals surface area contributed by atoms with Crippen molar-refractivity contribution in [3.05, 3.63) is 65.9 Å². The molecule has 5 rings (SSSR count). The summed E-state index contributed by atoms with van der Waals surface area (Å²) in [5, 5.41) is 6.36. The van der Waals surface area contributed by atoms with Crippen LogP contribution >= 0.6 is 0 Å². The van der Waals surface area contributed by atoms with Gasteiger partial charge in [-0.1, -0.05) is 12.1 Å². The van der Waals surface area contributed by atoms with Crippen LogP contribution in [0.15, 0.2) is 48.8 Å². The number of aromatic amines is 1. The molecule has 140 valence electrons. The molecule has 28 heavy (non-hydrogen) atoms. The van der Waals surface area contributed by atoms with Gasteiger partial charge in [-0.25, -0.2) is 4.98 Å². The molecule has 1 aliphatic rings. The molecule has 1 aromatic carbocycles. The molecular weight excluding hydrogens is 352 g/mol. The number of fused-ring (bicyclic) bond motifs is 1. The van der Waals surface area contributed by atoms with Crippen molar-refractivity contribution in [1.82, 2.24) is 19.5 Å². The molecule has 7 nitrogen and oxygen atoms in total. The number of anilines is 1. The van der Waals surface area contributed by atoms with Crippen molar-refractivity contribution in [2.75, 3.05) is 5.32 Å². The van der Waals surface area contributed by atoms with Crippen LogP contribution in [0.5, 0.6) is 0 Å². The van der Waals surface area contributed by atoms with Crippen LogP contribution in [0.3, 0.4) is 0 Å². The minimum atomic E-state index is -0.191. The lowest BCUT2D eigenvalue weighted by atomic mass is 10.1. The second-order valence-electron chi connectivity index (χ2n) is 7.32. The predicted molar refractivity (Wildman–Crippen MR) is 105 cm³/mol. The summed E-state index contributed by atoms with van der Waals surface area (Å²) in [5.41, 5.74) is 3.97. The SMILES string of the molecule is Cc1ccc(-c2nc(C3CC3)[nH][n+]2C)cc1NC(=O)c1cnc2ccccn12. The maximum Gasteiger partial charge on any atom is 0.350 e. The van der Waals surface area contributed by atoms with E-state index in [0.717, 1.165) is 34.1 Å². The number of carbonyl (C=O) groups excluding carboxylic acids is 1. The number of rotatable bonds is 4. The first-order valence-corrected chi connectivity index (χ1v) is 9.40. The van der Waals surface area contributed by atoms with E-state index in [1.54, 1.807) is 10.6 Å². The molecule has 1 amide bonds. The van der Waals surface area contributed by atoms with E-state index in [9.17, 15) is 4.79 Å². The van der Waals surface area contributed by atoms with Crippen molar-refractivity contribution in [2.24, 2.45) is 7.05 Å². The molecule has 0 radical (unpaired) electrons. The van der Waals surface area contributed by atoms with Crippen LogP contribution in [0.4, 0.5) is 5.69 Å². The van der Waals surface area contributed by atoms with E-state index in [1.165, 1.54) is 12.8 Å². The van der Waals surface area contributed by atoms with Crippen molar-refractivity contribution in [3.8, 4) is 11.4 Å². The number of pyridine rings is 1. The van der Waals surface area contributed by atoms with Gasteiger partial charge in [0.15, 0.2) is 0 Å². The van der Waals surface area contributed by atoms with Crippen LogP contribution in [-0.2, 0) is 7.05 Å². The third kappa shape index (κ3) is 2.85. The van der Waals surface area contributed by atoms with Gasteiger partial charge >= 0.3 is 5.82 Å². The first-order chi connectivity index (χ1) is 13.6. The number of aryl methyl sites for hydroxylation is 2. The van der Waals surface area contributed by atoms with E-state index in [0.29, 0.717) is 11.6 Å². The number of nitrogens with one attached hydrogen (secondary N) is 2. The van der Waals surface area contributed by atoms with Crippen molar-refractivity contribution in [3.63, 3.8) is 0 Å². The van der Waals surface area contributed by atoms with Crippen LogP contribution in [0, 0.1) is 6.92 Å². The minimum absolute atomic E-state index is 0.191. The van der Waals surface area contributed by atoms with Crippen molar-refractivity contribution in [1.29, 1.82) is 0 Å². The molecular formula is C21H21N6O+. The molecule has 0 unspecified atom stereocenters. The fourth-order valence-corrected chi connectivity index (χ4v) is 3.42. The molecule has 0 bridgehead atoms. The van der Waals surface area contributed by atoms with E-state index < -0.39 is 0 Å². The quantitative estimate of drug-likeness (QED) is 0.540. The molecule has 0 saturated heterocycles. The number of H-pyrrole nitrogens is 1. The third-order valence-corrected chi connectivity index (χ3v) is 5.18. The van der Waals surface area contributed by atoms with Crippen molar-refractivity contribution < 1.29 is 9.48 Å². The first-order valence-electron chi connectivity index (χ1n) is 9.40. The van der Waals surface area contributed by atoms with Gasteiger partial charge in [0.05, 0.1) is 11.8 Å². The topological polar surface area (TPSA) is 79.0 Å². The lowest BCUT2D eigenvalue weighted by molar-refractivity contribution is -0.718. The molecule has 7 heteroatoms. The lowest BCUT2D eigenvalue weighted by Crippen LogP contribution is -2.32. The number of carbonyl (C=O) groups is 1. The number of benzene rings is 1. The molecule has 3 aromatic heterocycles. The number of nitrogens with zero attached hydrogens (tertiary/aromatic N) is 4. The summed E-state index contributed by atoms with van der Waals surface area (Å²) in [4.78, 5) is 21.9. The van der Waals surface area contributed by atoms with Crippen molar-refractivity contribution >= 4 is 17.2 Å². The van der Waals surface area contributed by atoms with Crippen LogP contribution in [0.2, 0.25) is 0 Å². The van der Waals surface area contributed by atoms with Gasteiger partial charge in [-0.05, 0) is 54.6 Å². The Morgan fingerprint density at radius 1 is 1.29 bits per heavy atom. The van der Waals surface area contributed by atoms with Gasteiger partial charge in [-0.2, -0.15) is 9.78 Å². The second kappa shape index (κ2) is 6.30. The zero-order chi connectivity index (χ0) is 19.3. The van der Waals surface area contributed by atoms with Crippen molar-refractivity contribution in [2.45, 2.75) is 25.7 Å². The summed E-state index contributed by atoms with van der Waals surface area (Å²) >= 11 is 0. The van der Waals surface area contributed by atoms with Crippen LogP contribution in [-0.4, -0.2) is 25.4 Å². The molecule has 3 heterocycles. The Morgan fingerprint density at radius 3 is 2.96 bits per heavy atom. The number of imidazole rings is 1. The summed E-state index contributed by atoms with van der Waals surface area (Å²) in [7, 11) is 1.96. The Morgan fingerprint density at radius 2 is 2.14 bits per heavy atom. The van der Waals surface area contributed by atoms with E-state index in [4.69, 9.17) is 4.98 Å². The van der Waals surface area contributed by atoms with E-state index in [1.807, 2.05) is 61.2 Å². The average molecular weight is 373 g/mol. The molecule has 0 spiro atoms. The van der Waals surface area contributed by atoms with Gasteiger partial charge in [0.25, 0.3) is 11.7 Å². The predicted octanol–water partition coefficient (Wildman–Crippen LogP) is 2.99. The lowest BCUT2D eigenvalue weighted by Gasteiger charge is -2.09. The molecule has 2 N–H and O–H groups in total. The minimum Gasteiger partial charge on any atom is -0.320 e. The number of aromatic nitrogens is 5. The molecule has 1 fully saturated rings. The van der Waals surface area contributed by atoms with E-state index in [2.05, 4.69) is 15.4 Å². The zero-order valence-corrected chi connectivity index (χ0v) is 15.8. The maximum absolute atomic E-state index is 12.9. The fraction of sp³-hybridized carbons (Fsp3) is 0.238. The van der Waals surface area contributed by atoms with Gasteiger partial charge in [0.2, 0.25) is 0 Å². The van der Waals surface area contributed by atoms with E-state index in [-0.39, 0.29) is 5.91 Å². The van der Waals surface area contributed by atoms with Gasteiger partial charge in [0.1, 0.15) is 18.4 Å².